The Balaban J connectivity index is 1.80. The molecular weight excluding hydrogens is 236 g/mol. The van der Waals surface area contributed by atoms with Crippen molar-refractivity contribution in [1.29, 1.82) is 0 Å². The molecule has 2 aliphatic carbocycles. The molecule has 3 atom stereocenters. The Hall–Kier alpha value is -0.570. The maximum absolute atomic E-state index is 12.3. The summed E-state index contributed by atoms with van der Waals surface area (Å²) in [5, 5.41) is 3.12. The van der Waals surface area contributed by atoms with Crippen molar-refractivity contribution in [3.05, 3.63) is 0 Å². The van der Waals surface area contributed by atoms with E-state index >= 15 is 0 Å². The van der Waals surface area contributed by atoms with E-state index in [1.54, 1.807) is 0 Å². The number of amides is 1. The second-order valence-electron chi connectivity index (χ2n) is 7.40. The Labute approximate surface area is 117 Å². The van der Waals surface area contributed by atoms with E-state index in [4.69, 9.17) is 5.73 Å². The van der Waals surface area contributed by atoms with E-state index in [1.165, 1.54) is 32.1 Å². The van der Waals surface area contributed by atoms with Crippen molar-refractivity contribution in [1.82, 2.24) is 5.32 Å². The summed E-state index contributed by atoms with van der Waals surface area (Å²) in [6, 6.07) is 0. The molecule has 19 heavy (non-hydrogen) atoms. The Morgan fingerprint density at radius 1 is 1.16 bits per heavy atom. The SMILES string of the molecule is CC(C)(CN)CNC(=O)C1CCC2CCCCC2C1. The van der Waals surface area contributed by atoms with Crippen molar-refractivity contribution in [2.75, 3.05) is 13.1 Å². The number of hydrogen-bond donors (Lipinski definition) is 2. The zero-order valence-electron chi connectivity index (χ0n) is 12.6. The summed E-state index contributed by atoms with van der Waals surface area (Å²) in [4.78, 5) is 12.3. The minimum Gasteiger partial charge on any atom is -0.355 e. The van der Waals surface area contributed by atoms with Crippen LogP contribution >= 0.6 is 0 Å². The quantitative estimate of drug-likeness (QED) is 0.822. The molecule has 110 valence electrons. The lowest BCUT2D eigenvalue weighted by Gasteiger charge is -2.39. The predicted molar refractivity (Wildman–Crippen MR) is 78.6 cm³/mol. The minimum atomic E-state index is 0.0116. The smallest absolute Gasteiger partial charge is 0.223 e. The summed E-state index contributed by atoms with van der Waals surface area (Å²) in [6.45, 7) is 5.52. The topological polar surface area (TPSA) is 55.1 Å². The van der Waals surface area contributed by atoms with E-state index in [9.17, 15) is 4.79 Å². The van der Waals surface area contributed by atoms with Gasteiger partial charge in [0.25, 0.3) is 0 Å². The molecule has 0 saturated heterocycles. The maximum Gasteiger partial charge on any atom is 0.223 e. The fraction of sp³-hybridized carbons (Fsp3) is 0.938. The van der Waals surface area contributed by atoms with Crippen LogP contribution in [0.25, 0.3) is 0 Å². The van der Waals surface area contributed by atoms with Crippen LogP contribution in [-0.2, 0) is 4.79 Å². The van der Waals surface area contributed by atoms with Gasteiger partial charge in [-0.15, -0.1) is 0 Å². The molecule has 2 aliphatic rings. The lowest BCUT2D eigenvalue weighted by molar-refractivity contribution is -0.127. The van der Waals surface area contributed by atoms with E-state index < -0.39 is 0 Å². The van der Waals surface area contributed by atoms with Gasteiger partial charge >= 0.3 is 0 Å². The first-order chi connectivity index (χ1) is 9.02. The van der Waals surface area contributed by atoms with Gasteiger partial charge in [-0.3, -0.25) is 4.79 Å². The van der Waals surface area contributed by atoms with Gasteiger partial charge in [0.05, 0.1) is 0 Å². The normalized spacial score (nSPS) is 31.6. The molecule has 0 bridgehead atoms. The van der Waals surface area contributed by atoms with Gasteiger partial charge < -0.3 is 11.1 Å². The number of nitrogens with one attached hydrogen (secondary N) is 1. The Kier molecular flexibility index (Phi) is 4.88. The van der Waals surface area contributed by atoms with E-state index in [1.807, 2.05) is 0 Å². The molecule has 3 nitrogen and oxygen atoms in total. The number of fused-ring (bicyclic) bond motifs is 1. The van der Waals surface area contributed by atoms with Crippen LogP contribution in [0.5, 0.6) is 0 Å². The van der Waals surface area contributed by atoms with E-state index in [0.29, 0.717) is 13.1 Å². The van der Waals surface area contributed by atoms with Crippen LogP contribution in [0, 0.1) is 23.2 Å². The summed E-state index contributed by atoms with van der Waals surface area (Å²) in [7, 11) is 0. The highest BCUT2D eigenvalue weighted by atomic mass is 16.1. The summed E-state index contributed by atoms with van der Waals surface area (Å²) < 4.78 is 0. The van der Waals surface area contributed by atoms with Gasteiger partial charge in [0.1, 0.15) is 0 Å². The molecule has 2 fully saturated rings. The first-order valence-electron chi connectivity index (χ1n) is 7.99. The highest BCUT2D eigenvalue weighted by molar-refractivity contribution is 5.78. The number of nitrogens with two attached hydrogens (primary N) is 1. The first-order valence-corrected chi connectivity index (χ1v) is 7.99. The van der Waals surface area contributed by atoms with Crippen LogP contribution in [0.4, 0.5) is 0 Å². The lowest BCUT2D eigenvalue weighted by Crippen LogP contribution is -2.43. The van der Waals surface area contributed by atoms with Gasteiger partial charge in [0.2, 0.25) is 5.91 Å². The number of carbonyl (C=O) groups is 1. The number of carbonyl (C=O) groups excluding carboxylic acids is 1. The van der Waals surface area contributed by atoms with Gasteiger partial charge in [-0.1, -0.05) is 39.5 Å². The third kappa shape index (κ3) is 3.95. The van der Waals surface area contributed by atoms with E-state index in [-0.39, 0.29) is 17.2 Å². The third-order valence-electron chi connectivity index (χ3n) is 5.20. The monoisotopic (exact) mass is 266 g/mol. The van der Waals surface area contributed by atoms with Gasteiger partial charge in [-0.05, 0) is 43.1 Å². The molecule has 3 N–H and O–H groups in total. The van der Waals surface area contributed by atoms with Crippen LogP contribution in [0.3, 0.4) is 0 Å². The standard InChI is InChI=1S/C16H30N2O/c1-16(2,10-17)11-18-15(19)14-8-7-12-5-3-4-6-13(12)9-14/h12-14H,3-11,17H2,1-2H3,(H,18,19). The van der Waals surface area contributed by atoms with Crippen LogP contribution < -0.4 is 11.1 Å². The van der Waals surface area contributed by atoms with Crippen LogP contribution in [-0.4, -0.2) is 19.0 Å². The van der Waals surface area contributed by atoms with Gasteiger partial charge in [0, 0.05) is 12.5 Å². The molecule has 0 aromatic carbocycles. The Bertz CT molecular complexity index is 314. The largest absolute Gasteiger partial charge is 0.355 e. The zero-order valence-corrected chi connectivity index (χ0v) is 12.6. The van der Waals surface area contributed by atoms with Crippen molar-refractivity contribution in [3.63, 3.8) is 0 Å². The van der Waals surface area contributed by atoms with Crippen molar-refractivity contribution in [2.45, 2.75) is 58.8 Å². The molecular formula is C16H30N2O. The van der Waals surface area contributed by atoms with Crippen molar-refractivity contribution in [3.8, 4) is 0 Å². The molecule has 0 aromatic rings. The Morgan fingerprint density at radius 3 is 2.53 bits per heavy atom. The van der Waals surface area contributed by atoms with Crippen molar-refractivity contribution >= 4 is 5.91 Å². The predicted octanol–water partition coefficient (Wildman–Crippen LogP) is 2.69. The number of rotatable bonds is 4. The summed E-state index contributed by atoms with van der Waals surface area (Å²) in [5.74, 6) is 2.26. The second-order valence-corrected chi connectivity index (χ2v) is 7.40. The highest BCUT2D eigenvalue weighted by Crippen LogP contribution is 2.42. The molecule has 2 saturated carbocycles. The first kappa shape index (κ1) is 14.8. The van der Waals surface area contributed by atoms with Gasteiger partial charge in [0.15, 0.2) is 0 Å². The molecule has 1 amide bonds. The molecule has 0 heterocycles. The summed E-state index contributed by atoms with van der Waals surface area (Å²) in [5.41, 5.74) is 5.72. The van der Waals surface area contributed by atoms with Gasteiger partial charge in [-0.25, -0.2) is 0 Å². The zero-order chi connectivity index (χ0) is 13.9. The van der Waals surface area contributed by atoms with Crippen molar-refractivity contribution in [2.24, 2.45) is 28.9 Å². The van der Waals surface area contributed by atoms with E-state index in [2.05, 4.69) is 19.2 Å². The average Bonchev–Trinajstić information content (AvgIpc) is 2.44. The lowest BCUT2D eigenvalue weighted by atomic mass is 9.67. The average molecular weight is 266 g/mol. The van der Waals surface area contributed by atoms with Gasteiger partial charge in [-0.2, -0.15) is 0 Å². The maximum atomic E-state index is 12.3. The third-order valence-corrected chi connectivity index (χ3v) is 5.20. The fourth-order valence-corrected chi connectivity index (χ4v) is 3.65. The van der Waals surface area contributed by atoms with E-state index in [0.717, 1.165) is 24.7 Å². The second kappa shape index (κ2) is 6.25. The summed E-state index contributed by atoms with van der Waals surface area (Å²) in [6.07, 6.45) is 9.01. The fourth-order valence-electron chi connectivity index (χ4n) is 3.65. The molecule has 0 spiro atoms. The Morgan fingerprint density at radius 2 is 1.84 bits per heavy atom. The number of hydrogen-bond acceptors (Lipinski definition) is 2. The molecule has 0 aromatic heterocycles. The van der Waals surface area contributed by atoms with Crippen molar-refractivity contribution < 1.29 is 4.79 Å². The minimum absolute atomic E-state index is 0.0116. The molecule has 3 unspecified atom stereocenters. The highest BCUT2D eigenvalue weighted by Gasteiger charge is 2.35. The van der Waals surface area contributed by atoms with Crippen LogP contribution in [0.2, 0.25) is 0 Å². The van der Waals surface area contributed by atoms with Crippen LogP contribution in [0.15, 0.2) is 0 Å². The molecule has 0 radical (unpaired) electrons. The molecule has 3 heteroatoms. The molecule has 2 rings (SSSR count). The summed E-state index contributed by atoms with van der Waals surface area (Å²) >= 11 is 0. The molecule has 0 aliphatic heterocycles. The van der Waals surface area contributed by atoms with Crippen LogP contribution in [0.1, 0.15) is 58.8 Å².